The summed E-state index contributed by atoms with van der Waals surface area (Å²) in [6.45, 7) is 5.06. The maximum absolute atomic E-state index is 11.7. The molecule has 0 saturated heterocycles. The van der Waals surface area contributed by atoms with Crippen LogP contribution in [0.2, 0.25) is 5.02 Å². The zero-order valence-corrected chi connectivity index (χ0v) is 12.9. The Bertz CT molecular complexity index is 535. The van der Waals surface area contributed by atoms with Gasteiger partial charge in [-0.15, -0.1) is 0 Å². The highest BCUT2D eigenvalue weighted by molar-refractivity contribution is 6.31. The molecule has 0 saturated carbocycles. The summed E-state index contributed by atoms with van der Waals surface area (Å²) >= 11 is 6.17. The highest BCUT2D eigenvalue weighted by Gasteiger charge is 2.46. The lowest BCUT2D eigenvalue weighted by molar-refractivity contribution is -0.116. The van der Waals surface area contributed by atoms with Crippen LogP contribution in [0, 0.1) is 0 Å². The first-order valence-electron chi connectivity index (χ1n) is 6.52. The smallest absolute Gasteiger partial charge is 0.410 e. The van der Waals surface area contributed by atoms with E-state index < -0.39 is 24.0 Å². The van der Waals surface area contributed by atoms with Gasteiger partial charge in [0.1, 0.15) is 0 Å². The Labute approximate surface area is 128 Å². The summed E-state index contributed by atoms with van der Waals surface area (Å²) in [5.74, 6) is 0. The number of rotatable bonds is 5. The fourth-order valence-electron chi connectivity index (χ4n) is 2.40. The molecule has 3 N–H and O–H groups in total. The minimum atomic E-state index is -1.57. The molecule has 2 amide bonds. The predicted molar refractivity (Wildman–Crippen MR) is 79.1 cm³/mol. The van der Waals surface area contributed by atoms with Crippen LogP contribution in [0.15, 0.2) is 24.3 Å². The van der Waals surface area contributed by atoms with Crippen LogP contribution in [0.3, 0.4) is 0 Å². The zero-order valence-electron chi connectivity index (χ0n) is 12.2. The van der Waals surface area contributed by atoms with E-state index >= 15 is 0 Å². The molecular weight excluding hydrogens is 296 g/mol. The van der Waals surface area contributed by atoms with Gasteiger partial charge in [-0.25, -0.2) is 9.59 Å². The van der Waals surface area contributed by atoms with Crippen molar-refractivity contribution in [3.63, 3.8) is 0 Å². The third kappa shape index (κ3) is 3.39. The summed E-state index contributed by atoms with van der Waals surface area (Å²) in [4.78, 5) is 24.0. The molecule has 0 heterocycles. The molecule has 1 aromatic rings. The van der Waals surface area contributed by atoms with E-state index in [1.54, 1.807) is 45.0 Å². The number of primary amides is 1. The number of halogens is 1. The molecule has 0 fully saturated rings. The molecule has 0 spiro atoms. The quantitative estimate of drug-likeness (QED) is 0.815. The number of carboxylic acid groups (broad SMARTS) is 1. The summed E-state index contributed by atoms with van der Waals surface area (Å²) in [6.07, 6.45) is -2.12. The maximum atomic E-state index is 11.7. The van der Waals surface area contributed by atoms with Crippen molar-refractivity contribution in [3.05, 3.63) is 34.9 Å². The van der Waals surface area contributed by atoms with Gasteiger partial charge in [0.25, 0.3) is 0 Å². The van der Waals surface area contributed by atoms with Crippen molar-refractivity contribution in [2.24, 2.45) is 5.73 Å². The SMILES string of the molecule is CC[C@@](OC(N)=O)(c1ccccc1Cl)N(C(=O)O)C(C)C. The van der Waals surface area contributed by atoms with Gasteiger partial charge < -0.3 is 15.6 Å². The summed E-state index contributed by atoms with van der Waals surface area (Å²) < 4.78 is 5.24. The van der Waals surface area contributed by atoms with Crippen LogP contribution in [0.5, 0.6) is 0 Å². The van der Waals surface area contributed by atoms with E-state index in [2.05, 4.69) is 0 Å². The van der Waals surface area contributed by atoms with Crippen molar-refractivity contribution in [2.75, 3.05) is 0 Å². The summed E-state index contributed by atoms with van der Waals surface area (Å²) in [6, 6.07) is 6.17. The average molecular weight is 315 g/mol. The number of nitrogens with zero attached hydrogens (tertiary/aromatic N) is 1. The Morgan fingerprint density at radius 3 is 2.38 bits per heavy atom. The summed E-state index contributed by atoms with van der Waals surface area (Å²) in [7, 11) is 0. The molecule has 1 aromatic carbocycles. The first-order chi connectivity index (χ1) is 9.76. The molecule has 6 nitrogen and oxygen atoms in total. The van der Waals surface area contributed by atoms with Gasteiger partial charge in [0.2, 0.25) is 5.72 Å². The second-order valence-electron chi connectivity index (χ2n) is 4.79. The van der Waals surface area contributed by atoms with Crippen molar-refractivity contribution in [3.8, 4) is 0 Å². The highest BCUT2D eigenvalue weighted by atomic mass is 35.5. The minimum Gasteiger partial charge on any atom is -0.465 e. The van der Waals surface area contributed by atoms with Gasteiger partial charge in [-0.1, -0.05) is 36.7 Å². The topological polar surface area (TPSA) is 92.9 Å². The van der Waals surface area contributed by atoms with Gasteiger partial charge in [0.15, 0.2) is 0 Å². The molecule has 0 bridgehead atoms. The van der Waals surface area contributed by atoms with Crippen LogP contribution >= 0.6 is 11.6 Å². The second-order valence-corrected chi connectivity index (χ2v) is 5.19. The second kappa shape index (κ2) is 6.67. The largest absolute Gasteiger partial charge is 0.465 e. The number of carbonyl (C=O) groups is 2. The Morgan fingerprint density at radius 2 is 2.00 bits per heavy atom. The molecule has 7 heteroatoms. The number of carbonyl (C=O) groups excluding carboxylic acids is 1. The highest BCUT2D eigenvalue weighted by Crippen LogP contribution is 2.39. The molecule has 116 valence electrons. The van der Waals surface area contributed by atoms with Gasteiger partial charge in [-0.2, -0.15) is 0 Å². The van der Waals surface area contributed by atoms with Crippen molar-refractivity contribution >= 4 is 23.8 Å². The third-order valence-corrected chi connectivity index (χ3v) is 3.48. The first kappa shape index (κ1) is 17.1. The molecule has 0 aliphatic heterocycles. The third-order valence-electron chi connectivity index (χ3n) is 3.16. The van der Waals surface area contributed by atoms with Gasteiger partial charge >= 0.3 is 12.2 Å². The van der Waals surface area contributed by atoms with Gasteiger partial charge in [-0.05, 0) is 19.9 Å². The van der Waals surface area contributed by atoms with Crippen molar-refractivity contribution < 1.29 is 19.4 Å². The van der Waals surface area contributed by atoms with Gasteiger partial charge in [0.05, 0.1) is 0 Å². The monoisotopic (exact) mass is 314 g/mol. The van der Waals surface area contributed by atoms with E-state index in [0.29, 0.717) is 10.6 Å². The summed E-state index contributed by atoms with van der Waals surface area (Å²) in [5, 5.41) is 9.82. The molecule has 21 heavy (non-hydrogen) atoms. The molecule has 0 aromatic heterocycles. The molecule has 0 aliphatic carbocycles. The maximum Gasteiger partial charge on any atom is 0.410 e. The lowest BCUT2D eigenvalue weighted by Crippen LogP contribution is -2.55. The predicted octanol–water partition coefficient (Wildman–Crippen LogP) is 3.39. The molecule has 1 rings (SSSR count). The number of amides is 2. The summed E-state index contributed by atoms with van der Waals surface area (Å²) in [5.41, 5.74) is 3.97. The van der Waals surface area contributed by atoms with E-state index in [-0.39, 0.29) is 6.42 Å². The standard InChI is InChI=1S/C14H19ClN2O4/c1-4-14(21-12(16)18,17(9(2)3)13(19)20)10-7-5-6-8-11(10)15/h5-9H,4H2,1-3H3,(H2,16,18)(H,19,20)/t14-/m1/s1. The lowest BCUT2D eigenvalue weighted by Gasteiger charge is -2.43. The fourth-order valence-corrected chi connectivity index (χ4v) is 2.69. The molecule has 0 radical (unpaired) electrons. The fraction of sp³-hybridized carbons (Fsp3) is 0.429. The Hall–Kier alpha value is -1.95. The Morgan fingerprint density at radius 1 is 1.43 bits per heavy atom. The number of ether oxygens (including phenoxy) is 1. The minimum absolute atomic E-state index is 0.171. The molecule has 0 aliphatic rings. The number of hydrogen-bond donors (Lipinski definition) is 2. The van der Waals surface area contributed by atoms with Crippen LogP contribution in [0.4, 0.5) is 9.59 Å². The number of hydrogen-bond acceptors (Lipinski definition) is 3. The molecular formula is C14H19ClN2O4. The van der Waals surface area contributed by atoms with Gasteiger partial charge in [-0.3, -0.25) is 4.90 Å². The van der Waals surface area contributed by atoms with E-state index in [9.17, 15) is 14.7 Å². The van der Waals surface area contributed by atoms with Gasteiger partial charge in [0, 0.05) is 23.0 Å². The average Bonchev–Trinajstić information content (AvgIpc) is 2.36. The number of benzene rings is 1. The van der Waals surface area contributed by atoms with Crippen LogP contribution in [-0.4, -0.2) is 28.2 Å². The Balaban J connectivity index is 3.58. The van der Waals surface area contributed by atoms with E-state index in [1.165, 1.54) is 0 Å². The van der Waals surface area contributed by atoms with Crippen LogP contribution in [-0.2, 0) is 10.5 Å². The van der Waals surface area contributed by atoms with E-state index in [4.69, 9.17) is 22.1 Å². The number of nitrogens with two attached hydrogens (primary N) is 1. The van der Waals surface area contributed by atoms with Crippen LogP contribution < -0.4 is 5.73 Å². The molecule has 0 unspecified atom stereocenters. The first-order valence-corrected chi connectivity index (χ1v) is 6.89. The normalized spacial score (nSPS) is 13.6. The van der Waals surface area contributed by atoms with E-state index in [0.717, 1.165) is 4.90 Å². The van der Waals surface area contributed by atoms with Crippen molar-refractivity contribution in [1.29, 1.82) is 0 Å². The van der Waals surface area contributed by atoms with Crippen molar-refractivity contribution in [2.45, 2.75) is 39.0 Å². The van der Waals surface area contributed by atoms with Crippen LogP contribution in [0.1, 0.15) is 32.8 Å². The Kier molecular flexibility index (Phi) is 5.43. The molecule has 1 atom stereocenters. The van der Waals surface area contributed by atoms with Crippen LogP contribution in [0.25, 0.3) is 0 Å². The van der Waals surface area contributed by atoms with E-state index in [1.807, 2.05) is 0 Å². The lowest BCUT2D eigenvalue weighted by atomic mass is 9.96. The zero-order chi connectivity index (χ0) is 16.2. The van der Waals surface area contributed by atoms with Crippen molar-refractivity contribution in [1.82, 2.24) is 4.90 Å².